The van der Waals surface area contributed by atoms with Gasteiger partial charge < -0.3 is 15.5 Å². The summed E-state index contributed by atoms with van der Waals surface area (Å²) >= 11 is 0. The van der Waals surface area contributed by atoms with E-state index in [1.807, 2.05) is 29.3 Å². The smallest absolute Gasteiger partial charge is 0.230 e. The minimum atomic E-state index is -0.271. The largest absolute Gasteiger partial charge is 0.353 e. The molecule has 2 aliphatic rings. The van der Waals surface area contributed by atoms with Crippen molar-refractivity contribution in [2.75, 3.05) is 37.6 Å². The average molecular weight is 288 g/mol. The number of nitrogens with two attached hydrogens (primary N) is 1. The highest BCUT2D eigenvalue weighted by Gasteiger charge is 2.42. The van der Waals surface area contributed by atoms with Gasteiger partial charge in [0.2, 0.25) is 5.91 Å². The molecule has 21 heavy (non-hydrogen) atoms. The van der Waals surface area contributed by atoms with Gasteiger partial charge in [0, 0.05) is 38.9 Å². The lowest BCUT2D eigenvalue weighted by Crippen LogP contribution is -2.54. The summed E-state index contributed by atoms with van der Waals surface area (Å²) in [5, 5.41) is 0. The van der Waals surface area contributed by atoms with Gasteiger partial charge in [-0.3, -0.25) is 4.79 Å². The second-order valence-corrected chi connectivity index (χ2v) is 6.16. The molecule has 114 valence electrons. The molecule has 0 radical (unpaired) electrons. The van der Waals surface area contributed by atoms with Gasteiger partial charge in [0.25, 0.3) is 0 Å². The van der Waals surface area contributed by atoms with E-state index in [4.69, 9.17) is 5.73 Å². The van der Waals surface area contributed by atoms with E-state index in [0.29, 0.717) is 6.54 Å². The van der Waals surface area contributed by atoms with Crippen molar-refractivity contribution in [3.8, 4) is 0 Å². The Morgan fingerprint density at radius 3 is 2.48 bits per heavy atom. The van der Waals surface area contributed by atoms with Crippen LogP contribution in [0.25, 0.3) is 0 Å². The molecular weight excluding hydrogens is 264 g/mol. The number of nitrogens with zero attached hydrogens (tertiary/aromatic N) is 3. The van der Waals surface area contributed by atoms with Gasteiger partial charge in [0.15, 0.2) is 0 Å². The minimum Gasteiger partial charge on any atom is -0.353 e. The molecule has 2 fully saturated rings. The van der Waals surface area contributed by atoms with Crippen molar-refractivity contribution >= 4 is 11.7 Å². The van der Waals surface area contributed by atoms with Crippen molar-refractivity contribution in [1.82, 2.24) is 9.88 Å². The van der Waals surface area contributed by atoms with Crippen LogP contribution in [0.4, 0.5) is 5.82 Å². The van der Waals surface area contributed by atoms with Crippen molar-refractivity contribution in [1.29, 1.82) is 0 Å². The topological polar surface area (TPSA) is 62.5 Å². The molecule has 1 amide bonds. The zero-order valence-electron chi connectivity index (χ0n) is 12.5. The number of aromatic nitrogens is 1. The van der Waals surface area contributed by atoms with E-state index < -0.39 is 0 Å². The molecule has 0 atom stereocenters. The quantitative estimate of drug-likeness (QED) is 0.909. The van der Waals surface area contributed by atoms with E-state index >= 15 is 0 Å². The fourth-order valence-corrected chi connectivity index (χ4v) is 3.57. The molecule has 0 bridgehead atoms. The summed E-state index contributed by atoms with van der Waals surface area (Å²) in [7, 11) is 0. The SMILES string of the molecule is NCC1(C(=O)N2CCN(c3ccccn3)CC2)CCCC1. The van der Waals surface area contributed by atoms with Crippen LogP contribution in [0.15, 0.2) is 24.4 Å². The molecule has 1 saturated heterocycles. The van der Waals surface area contributed by atoms with Crippen molar-refractivity contribution in [2.45, 2.75) is 25.7 Å². The number of rotatable bonds is 3. The fraction of sp³-hybridized carbons (Fsp3) is 0.625. The summed E-state index contributed by atoms with van der Waals surface area (Å²) in [4.78, 5) is 21.4. The average Bonchev–Trinajstić information content (AvgIpc) is 3.05. The number of anilines is 1. The Morgan fingerprint density at radius 1 is 1.19 bits per heavy atom. The summed E-state index contributed by atoms with van der Waals surface area (Å²) in [6.07, 6.45) is 6.01. The summed E-state index contributed by atoms with van der Waals surface area (Å²) in [5.41, 5.74) is 5.66. The van der Waals surface area contributed by atoms with Crippen LogP contribution in [0.1, 0.15) is 25.7 Å². The Morgan fingerprint density at radius 2 is 1.90 bits per heavy atom. The first-order chi connectivity index (χ1) is 10.2. The summed E-state index contributed by atoms with van der Waals surface area (Å²) in [5.74, 6) is 1.28. The van der Waals surface area contributed by atoms with Gasteiger partial charge in [-0.15, -0.1) is 0 Å². The van der Waals surface area contributed by atoms with E-state index in [9.17, 15) is 4.79 Å². The molecule has 0 spiro atoms. The molecule has 1 saturated carbocycles. The van der Waals surface area contributed by atoms with Crippen molar-refractivity contribution in [3.63, 3.8) is 0 Å². The van der Waals surface area contributed by atoms with E-state index in [0.717, 1.165) is 57.7 Å². The maximum Gasteiger partial charge on any atom is 0.230 e. The fourth-order valence-electron chi connectivity index (χ4n) is 3.57. The third-order valence-electron chi connectivity index (χ3n) is 4.95. The Bertz CT molecular complexity index is 476. The van der Waals surface area contributed by atoms with Gasteiger partial charge >= 0.3 is 0 Å². The van der Waals surface area contributed by atoms with Gasteiger partial charge in [-0.1, -0.05) is 18.9 Å². The number of pyridine rings is 1. The molecule has 5 nitrogen and oxygen atoms in total. The summed E-state index contributed by atoms with van der Waals surface area (Å²) in [6, 6.07) is 5.95. The third-order valence-corrected chi connectivity index (χ3v) is 4.95. The van der Waals surface area contributed by atoms with E-state index in [1.54, 1.807) is 0 Å². The highest BCUT2D eigenvalue weighted by molar-refractivity contribution is 5.83. The summed E-state index contributed by atoms with van der Waals surface area (Å²) in [6.45, 7) is 3.74. The first kappa shape index (κ1) is 14.3. The molecule has 0 aromatic carbocycles. The monoisotopic (exact) mass is 288 g/mol. The first-order valence-electron chi connectivity index (χ1n) is 7.91. The molecular formula is C16H24N4O. The standard InChI is InChI=1S/C16H24N4O/c17-13-16(6-2-3-7-16)15(21)20-11-9-19(10-12-20)14-5-1-4-8-18-14/h1,4-5,8H,2-3,6-7,9-13,17H2. The lowest BCUT2D eigenvalue weighted by Gasteiger charge is -2.39. The molecule has 1 aromatic rings. The molecule has 1 aliphatic carbocycles. The predicted molar refractivity (Wildman–Crippen MR) is 83.0 cm³/mol. The number of hydrogen-bond acceptors (Lipinski definition) is 4. The Kier molecular flexibility index (Phi) is 4.10. The lowest BCUT2D eigenvalue weighted by molar-refractivity contribution is -0.141. The molecule has 2 heterocycles. The molecule has 2 N–H and O–H groups in total. The van der Waals surface area contributed by atoms with E-state index in [-0.39, 0.29) is 11.3 Å². The summed E-state index contributed by atoms with van der Waals surface area (Å²) < 4.78 is 0. The van der Waals surface area contributed by atoms with Crippen LogP contribution in [-0.4, -0.2) is 48.5 Å². The molecule has 1 aliphatic heterocycles. The van der Waals surface area contributed by atoms with Gasteiger partial charge in [-0.05, 0) is 25.0 Å². The van der Waals surface area contributed by atoms with Crippen LogP contribution in [-0.2, 0) is 4.79 Å². The molecule has 0 unspecified atom stereocenters. The number of carbonyl (C=O) groups excluding carboxylic acids is 1. The normalized spacial score (nSPS) is 21.6. The van der Waals surface area contributed by atoms with Crippen LogP contribution in [0.3, 0.4) is 0 Å². The van der Waals surface area contributed by atoms with Gasteiger partial charge in [0.05, 0.1) is 5.41 Å². The highest BCUT2D eigenvalue weighted by Crippen LogP contribution is 2.39. The number of piperazine rings is 1. The molecule has 1 aromatic heterocycles. The molecule has 5 heteroatoms. The maximum atomic E-state index is 12.8. The third kappa shape index (κ3) is 2.75. The number of amides is 1. The van der Waals surface area contributed by atoms with Crippen molar-refractivity contribution < 1.29 is 4.79 Å². The second-order valence-electron chi connectivity index (χ2n) is 6.16. The predicted octanol–water partition coefficient (Wildman–Crippen LogP) is 1.25. The van der Waals surface area contributed by atoms with Crippen LogP contribution in [0, 0.1) is 5.41 Å². The second kappa shape index (κ2) is 6.02. The Labute approximate surface area is 126 Å². The zero-order chi connectivity index (χ0) is 14.7. The zero-order valence-corrected chi connectivity index (χ0v) is 12.5. The van der Waals surface area contributed by atoms with E-state index in [1.165, 1.54) is 0 Å². The van der Waals surface area contributed by atoms with Gasteiger partial charge in [-0.25, -0.2) is 4.98 Å². The highest BCUT2D eigenvalue weighted by atomic mass is 16.2. The van der Waals surface area contributed by atoms with Crippen molar-refractivity contribution in [2.24, 2.45) is 11.1 Å². The minimum absolute atomic E-state index is 0.271. The van der Waals surface area contributed by atoms with E-state index in [2.05, 4.69) is 9.88 Å². The van der Waals surface area contributed by atoms with Gasteiger partial charge in [0.1, 0.15) is 5.82 Å². The molecule has 3 rings (SSSR count). The van der Waals surface area contributed by atoms with Crippen LogP contribution < -0.4 is 10.6 Å². The first-order valence-corrected chi connectivity index (χ1v) is 7.91. The Hall–Kier alpha value is -1.62. The van der Waals surface area contributed by atoms with Crippen molar-refractivity contribution in [3.05, 3.63) is 24.4 Å². The van der Waals surface area contributed by atoms with Crippen LogP contribution in [0.2, 0.25) is 0 Å². The van der Waals surface area contributed by atoms with Crippen LogP contribution in [0.5, 0.6) is 0 Å². The lowest BCUT2D eigenvalue weighted by atomic mass is 9.84. The number of carbonyl (C=O) groups is 1. The number of hydrogen-bond donors (Lipinski definition) is 1. The van der Waals surface area contributed by atoms with Crippen LogP contribution >= 0.6 is 0 Å². The van der Waals surface area contributed by atoms with Gasteiger partial charge in [-0.2, -0.15) is 0 Å². The maximum absolute atomic E-state index is 12.8. The Balaban J connectivity index is 1.62.